The van der Waals surface area contributed by atoms with Gasteiger partial charge in [0.25, 0.3) is 0 Å². The van der Waals surface area contributed by atoms with Gasteiger partial charge in [0, 0.05) is 32.4 Å². The molecule has 3 rings (SSSR count). The van der Waals surface area contributed by atoms with E-state index in [9.17, 15) is 4.79 Å². The molecule has 1 aliphatic heterocycles. The van der Waals surface area contributed by atoms with Crippen LogP contribution in [0.15, 0.2) is 53.5 Å². The van der Waals surface area contributed by atoms with Crippen LogP contribution in [0.3, 0.4) is 0 Å². The minimum Gasteiger partial charge on any atom is -0.453 e. The fourth-order valence-corrected chi connectivity index (χ4v) is 3.61. The average molecular weight is 424 g/mol. The Morgan fingerprint density at radius 2 is 1.45 bits per heavy atom. The molecule has 3 N–H and O–H groups in total. The van der Waals surface area contributed by atoms with Crippen LogP contribution in [0.25, 0.3) is 0 Å². The van der Waals surface area contributed by atoms with Crippen molar-refractivity contribution in [3.05, 3.63) is 65.2 Å². The smallest absolute Gasteiger partial charge is 0.411 e. The Bertz CT molecular complexity index is 843. The molecule has 0 bridgehead atoms. The van der Waals surface area contributed by atoms with Crippen LogP contribution in [0, 0.1) is 0 Å². The van der Waals surface area contributed by atoms with Crippen molar-refractivity contribution < 1.29 is 9.53 Å². The van der Waals surface area contributed by atoms with Gasteiger partial charge in [-0.1, -0.05) is 42.8 Å². The number of amides is 1. The first-order chi connectivity index (χ1) is 15.2. The maximum Gasteiger partial charge on any atom is 0.411 e. The lowest BCUT2D eigenvalue weighted by molar-refractivity contribution is 0.187. The molecule has 7 nitrogen and oxygen atoms in total. The number of piperidine rings is 1. The van der Waals surface area contributed by atoms with E-state index in [1.165, 1.54) is 50.6 Å². The molecule has 31 heavy (non-hydrogen) atoms. The largest absolute Gasteiger partial charge is 0.453 e. The highest BCUT2D eigenvalue weighted by molar-refractivity contribution is 5.84. The second kappa shape index (κ2) is 12.0. The van der Waals surface area contributed by atoms with Crippen molar-refractivity contribution in [3.8, 4) is 0 Å². The number of likely N-dealkylation sites (tertiary alicyclic amines) is 1. The highest BCUT2D eigenvalue weighted by Gasteiger charge is 2.10. The van der Waals surface area contributed by atoms with Crippen LogP contribution >= 0.6 is 0 Å². The number of carbonyl (C=O) groups is 1. The number of carbonyl (C=O) groups excluding carboxylic acids is 1. The number of nitrogens with one attached hydrogen (secondary N) is 3. The van der Waals surface area contributed by atoms with Crippen LogP contribution < -0.4 is 16.0 Å². The number of guanidine groups is 1. The summed E-state index contributed by atoms with van der Waals surface area (Å²) in [6.45, 7) is 4.83. The lowest BCUT2D eigenvalue weighted by Crippen LogP contribution is -2.36. The van der Waals surface area contributed by atoms with Crippen LogP contribution in [-0.2, 0) is 24.4 Å². The zero-order valence-corrected chi connectivity index (χ0v) is 18.5. The van der Waals surface area contributed by atoms with E-state index < -0.39 is 6.09 Å². The first-order valence-corrected chi connectivity index (χ1v) is 10.8. The van der Waals surface area contributed by atoms with Gasteiger partial charge in [0.1, 0.15) is 0 Å². The normalized spacial score (nSPS) is 14.7. The molecule has 1 heterocycles. The van der Waals surface area contributed by atoms with E-state index in [1.807, 2.05) is 24.3 Å². The maximum absolute atomic E-state index is 11.2. The minimum absolute atomic E-state index is 0.477. The van der Waals surface area contributed by atoms with Crippen molar-refractivity contribution in [2.24, 2.45) is 4.99 Å². The van der Waals surface area contributed by atoms with Crippen molar-refractivity contribution >= 4 is 17.7 Å². The molecule has 1 saturated heterocycles. The fourth-order valence-electron chi connectivity index (χ4n) is 3.61. The van der Waals surface area contributed by atoms with Gasteiger partial charge in [-0.25, -0.2) is 4.79 Å². The van der Waals surface area contributed by atoms with Gasteiger partial charge in [-0.3, -0.25) is 15.2 Å². The standard InChI is InChI=1S/C24H33N5O2/c1-25-23(27-17-20-10-12-22(13-11-20)28-24(30)31-2)26-16-19-6-8-21(9-7-19)18-29-14-4-3-5-15-29/h6-13H,3-5,14-18H2,1-2H3,(H,28,30)(H2,25,26,27). The molecule has 1 fully saturated rings. The molecule has 7 heteroatoms. The molecule has 0 aromatic heterocycles. The monoisotopic (exact) mass is 423 g/mol. The van der Waals surface area contributed by atoms with Crippen molar-refractivity contribution in [1.29, 1.82) is 0 Å². The number of benzene rings is 2. The van der Waals surface area contributed by atoms with E-state index in [-0.39, 0.29) is 0 Å². The second-order valence-corrected chi connectivity index (χ2v) is 7.75. The molecule has 0 saturated carbocycles. The van der Waals surface area contributed by atoms with E-state index in [2.05, 4.69) is 54.8 Å². The lowest BCUT2D eigenvalue weighted by Gasteiger charge is -2.26. The van der Waals surface area contributed by atoms with Crippen LogP contribution in [0.4, 0.5) is 10.5 Å². The number of methoxy groups -OCH3 is 1. The second-order valence-electron chi connectivity index (χ2n) is 7.75. The molecular weight excluding hydrogens is 390 g/mol. The number of anilines is 1. The third kappa shape index (κ3) is 7.61. The topological polar surface area (TPSA) is 78.0 Å². The van der Waals surface area contributed by atoms with Gasteiger partial charge in [-0.05, 0) is 54.8 Å². The van der Waals surface area contributed by atoms with Crippen LogP contribution in [0.1, 0.15) is 36.0 Å². The summed E-state index contributed by atoms with van der Waals surface area (Å²) < 4.78 is 4.59. The maximum atomic E-state index is 11.2. The number of hydrogen-bond donors (Lipinski definition) is 3. The van der Waals surface area contributed by atoms with Crippen LogP contribution in [0.2, 0.25) is 0 Å². The highest BCUT2D eigenvalue weighted by Crippen LogP contribution is 2.14. The third-order valence-electron chi connectivity index (χ3n) is 5.41. The highest BCUT2D eigenvalue weighted by atomic mass is 16.5. The minimum atomic E-state index is -0.477. The van der Waals surface area contributed by atoms with Gasteiger partial charge in [0.05, 0.1) is 7.11 Å². The Labute approximate surface area is 184 Å². The van der Waals surface area contributed by atoms with Gasteiger partial charge >= 0.3 is 6.09 Å². The molecule has 0 radical (unpaired) electrons. The van der Waals surface area contributed by atoms with Gasteiger partial charge in [-0.2, -0.15) is 0 Å². The summed E-state index contributed by atoms with van der Waals surface area (Å²) in [6, 6.07) is 16.4. The molecule has 166 valence electrons. The van der Waals surface area contributed by atoms with Crippen molar-refractivity contribution in [1.82, 2.24) is 15.5 Å². The van der Waals surface area contributed by atoms with E-state index >= 15 is 0 Å². The van der Waals surface area contributed by atoms with Gasteiger partial charge in [0.2, 0.25) is 0 Å². The molecule has 1 amide bonds. The van der Waals surface area contributed by atoms with Crippen molar-refractivity contribution in [2.45, 2.75) is 38.9 Å². The molecule has 0 unspecified atom stereocenters. The van der Waals surface area contributed by atoms with E-state index in [1.54, 1.807) is 7.05 Å². The molecule has 1 aliphatic rings. The first-order valence-electron chi connectivity index (χ1n) is 10.8. The fraction of sp³-hybridized carbons (Fsp3) is 0.417. The first kappa shape index (κ1) is 22.6. The predicted octanol–water partition coefficient (Wildman–Crippen LogP) is 3.72. The Morgan fingerprint density at radius 3 is 2.00 bits per heavy atom. The number of aliphatic imine (C=N–C) groups is 1. The van der Waals surface area contributed by atoms with Crippen LogP contribution in [0.5, 0.6) is 0 Å². The number of hydrogen-bond acceptors (Lipinski definition) is 4. The summed E-state index contributed by atoms with van der Waals surface area (Å²) in [4.78, 5) is 18.1. The zero-order chi connectivity index (χ0) is 21.9. The number of nitrogens with zero attached hydrogens (tertiary/aromatic N) is 2. The van der Waals surface area contributed by atoms with Gasteiger partial charge in [0.15, 0.2) is 5.96 Å². The average Bonchev–Trinajstić information content (AvgIpc) is 2.82. The third-order valence-corrected chi connectivity index (χ3v) is 5.41. The molecule has 0 spiro atoms. The summed E-state index contributed by atoms with van der Waals surface area (Å²) in [5, 5.41) is 9.31. The molecule has 2 aromatic rings. The van der Waals surface area contributed by atoms with Crippen molar-refractivity contribution in [2.75, 3.05) is 32.6 Å². The van der Waals surface area contributed by atoms with Gasteiger partial charge < -0.3 is 15.4 Å². The van der Waals surface area contributed by atoms with Crippen molar-refractivity contribution in [3.63, 3.8) is 0 Å². The summed E-state index contributed by atoms with van der Waals surface area (Å²) >= 11 is 0. The summed E-state index contributed by atoms with van der Waals surface area (Å²) in [5.74, 6) is 0.745. The van der Waals surface area contributed by atoms with E-state index in [0.717, 1.165) is 18.1 Å². The summed E-state index contributed by atoms with van der Waals surface area (Å²) in [5.41, 5.74) is 4.38. The van der Waals surface area contributed by atoms with E-state index in [0.29, 0.717) is 18.8 Å². The molecular formula is C24H33N5O2. The quantitative estimate of drug-likeness (QED) is 0.467. The Balaban J connectivity index is 1.42. The zero-order valence-electron chi connectivity index (χ0n) is 18.5. The molecule has 2 aromatic carbocycles. The lowest BCUT2D eigenvalue weighted by atomic mass is 10.1. The van der Waals surface area contributed by atoms with Crippen LogP contribution in [-0.4, -0.2) is 44.2 Å². The number of ether oxygens (including phenoxy) is 1. The summed E-state index contributed by atoms with van der Waals surface area (Å²) in [7, 11) is 3.11. The van der Waals surface area contributed by atoms with E-state index in [4.69, 9.17) is 0 Å². The molecule has 0 atom stereocenters. The SMILES string of the molecule is CN=C(NCc1ccc(CN2CCCCC2)cc1)NCc1ccc(NC(=O)OC)cc1. The Kier molecular flexibility index (Phi) is 8.72. The Hall–Kier alpha value is -3.06. The van der Waals surface area contributed by atoms with Gasteiger partial charge in [-0.15, -0.1) is 0 Å². The number of rotatable bonds is 7. The summed E-state index contributed by atoms with van der Waals surface area (Å²) in [6.07, 6.45) is 3.54. The Morgan fingerprint density at radius 1 is 0.903 bits per heavy atom. The molecule has 0 aliphatic carbocycles. The predicted molar refractivity (Wildman–Crippen MR) is 125 cm³/mol.